The first-order valence-corrected chi connectivity index (χ1v) is 8.82. The lowest BCUT2D eigenvalue weighted by molar-refractivity contribution is 0.0633. The van der Waals surface area contributed by atoms with Gasteiger partial charge in [0.05, 0.1) is 17.0 Å². The molecule has 3 heterocycles. The second kappa shape index (κ2) is 9.38. The molecule has 0 bridgehead atoms. The van der Waals surface area contributed by atoms with Crippen LogP contribution in [0.5, 0.6) is 0 Å². The average molecular weight is 456 g/mol. The smallest absolute Gasteiger partial charge is 0.329 e. The number of pyridine rings is 1. The number of aromatic amines is 1. The molecule has 0 spiro atoms. The zero-order chi connectivity index (χ0) is 19.8. The highest BCUT2D eigenvalue weighted by Crippen LogP contribution is 2.25. The van der Waals surface area contributed by atoms with E-state index in [0.29, 0.717) is 25.2 Å². The number of rotatable bonds is 2. The SMILES string of the molecule is Cl.Cl.Cn1c(=O)[nH]c(=O)c2cc(C(=O)N3CCNCC3c3cccc(F)c3)cnc21. The zero-order valence-corrected chi connectivity index (χ0v) is 17.6. The number of aryl methyl sites for hydroxylation is 1. The summed E-state index contributed by atoms with van der Waals surface area (Å²) in [6.45, 7) is 1.53. The van der Waals surface area contributed by atoms with Crippen LogP contribution in [-0.4, -0.2) is 45.0 Å². The minimum absolute atomic E-state index is 0. The van der Waals surface area contributed by atoms with Crippen LogP contribution in [0.1, 0.15) is 22.0 Å². The molecule has 1 saturated heterocycles. The molecule has 11 heteroatoms. The minimum Gasteiger partial charge on any atom is -0.329 e. The summed E-state index contributed by atoms with van der Waals surface area (Å²) in [7, 11) is 1.49. The summed E-state index contributed by atoms with van der Waals surface area (Å²) in [5.41, 5.74) is -0.0404. The third kappa shape index (κ3) is 4.23. The number of benzene rings is 1. The van der Waals surface area contributed by atoms with Crippen molar-refractivity contribution in [3.63, 3.8) is 0 Å². The van der Waals surface area contributed by atoms with Crippen LogP contribution in [0.15, 0.2) is 46.1 Å². The second-order valence-corrected chi connectivity index (χ2v) is 6.69. The molecule has 8 nitrogen and oxygen atoms in total. The first-order valence-electron chi connectivity index (χ1n) is 8.82. The molecule has 1 aromatic carbocycles. The molecule has 30 heavy (non-hydrogen) atoms. The highest BCUT2D eigenvalue weighted by atomic mass is 35.5. The van der Waals surface area contributed by atoms with Crippen molar-refractivity contribution in [3.8, 4) is 0 Å². The number of hydrogen-bond acceptors (Lipinski definition) is 5. The van der Waals surface area contributed by atoms with Gasteiger partial charge in [0.25, 0.3) is 11.5 Å². The van der Waals surface area contributed by atoms with Crippen LogP contribution >= 0.6 is 24.8 Å². The van der Waals surface area contributed by atoms with E-state index in [1.165, 1.54) is 36.0 Å². The average Bonchev–Trinajstić information content (AvgIpc) is 2.71. The van der Waals surface area contributed by atoms with Crippen molar-refractivity contribution in [3.05, 3.63) is 74.3 Å². The van der Waals surface area contributed by atoms with Gasteiger partial charge in [-0.15, -0.1) is 24.8 Å². The zero-order valence-electron chi connectivity index (χ0n) is 15.9. The number of nitrogens with zero attached hydrogens (tertiary/aromatic N) is 3. The number of halogens is 3. The lowest BCUT2D eigenvalue weighted by Crippen LogP contribution is -2.48. The second-order valence-electron chi connectivity index (χ2n) is 6.69. The van der Waals surface area contributed by atoms with Gasteiger partial charge in [0.1, 0.15) is 11.5 Å². The Morgan fingerprint density at radius 2 is 2.00 bits per heavy atom. The summed E-state index contributed by atoms with van der Waals surface area (Å²) in [6.07, 6.45) is 1.36. The molecule has 160 valence electrons. The molecule has 3 aromatic rings. The molecular formula is C19H20Cl2FN5O3. The number of carbonyl (C=O) groups is 1. The lowest BCUT2D eigenvalue weighted by atomic mass is 10.0. The first-order chi connectivity index (χ1) is 13.5. The number of fused-ring (bicyclic) bond motifs is 1. The number of hydrogen-bond donors (Lipinski definition) is 2. The van der Waals surface area contributed by atoms with Crippen molar-refractivity contribution in [2.24, 2.45) is 7.05 Å². The van der Waals surface area contributed by atoms with Crippen molar-refractivity contribution >= 4 is 41.8 Å². The fourth-order valence-corrected chi connectivity index (χ4v) is 3.48. The molecular weight excluding hydrogens is 436 g/mol. The standard InChI is InChI=1S/C19H18FN5O3.2ClH/c1-24-16-14(17(26)23-19(24)28)8-12(9-22-16)18(27)25-6-5-21-10-15(25)11-3-2-4-13(20)7-11;;/h2-4,7-9,15,21H,5-6,10H2,1H3,(H,23,26,28);2*1H. The van der Waals surface area contributed by atoms with Crippen LogP contribution in [0.25, 0.3) is 11.0 Å². The fraction of sp³-hybridized carbons (Fsp3) is 0.263. The van der Waals surface area contributed by atoms with E-state index in [9.17, 15) is 18.8 Å². The molecule has 1 fully saturated rings. The van der Waals surface area contributed by atoms with Crippen molar-refractivity contribution in [2.45, 2.75) is 6.04 Å². The predicted molar refractivity (Wildman–Crippen MR) is 115 cm³/mol. The van der Waals surface area contributed by atoms with Gasteiger partial charge in [0.15, 0.2) is 0 Å². The van der Waals surface area contributed by atoms with Crippen molar-refractivity contribution in [1.82, 2.24) is 24.8 Å². The Hall–Kier alpha value is -2.75. The number of H-pyrrole nitrogens is 1. The van der Waals surface area contributed by atoms with E-state index in [1.54, 1.807) is 17.0 Å². The van der Waals surface area contributed by atoms with Crippen molar-refractivity contribution < 1.29 is 9.18 Å². The topological polar surface area (TPSA) is 100 Å². The maximum atomic E-state index is 13.7. The van der Waals surface area contributed by atoms with Crippen LogP contribution in [-0.2, 0) is 7.05 Å². The number of piperazine rings is 1. The summed E-state index contributed by atoms with van der Waals surface area (Å²) in [6, 6.07) is 7.26. The molecule has 1 atom stereocenters. The normalized spacial score (nSPS) is 15.9. The van der Waals surface area contributed by atoms with E-state index in [1.807, 2.05) is 0 Å². The lowest BCUT2D eigenvalue weighted by Gasteiger charge is -2.36. The molecule has 4 rings (SSSR count). The van der Waals surface area contributed by atoms with E-state index < -0.39 is 11.2 Å². The molecule has 0 saturated carbocycles. The Balaban J connectivity index is 0.00000160. The van der Waals surface area contributed by atoms with Crippen LogP contribution < -0.4 is 16.6 Å². The first kappa shape index (κ1) is 23.5. The fourth-order valence-electron chi connectivity index (χ4n) is 3.48. The van der Waals surface area contributed by atoms with Gasteiger partial charge in [0.2, 0.25) is 0 Å². The summed E-state index contributed by atoms with van der Waals surface area (Å²) in [5.74, 6) is -0.672. The summed E-state index contributed by atoms with van der Waals surface area (Å²) < 4.78 is 14.9. The Morgan fingerprint density at radius 3 is 2.73 bits per heavy atom. The van der Waals surface area contributed by atoms with Gasteiger partial charge in [0, 0.05) is 32.9 Å². The maximum absolute atomic E-state index is 13.7. The number of carbonyl (C=O) groups excluding carboxylic acids is 1. The van der Waals surface area contributed by atoms with Gasteiger partial charge in [-0.2, -0.15) is 0 Å². The van der Waals surface area contributed by atoms with Gasteiger partial charge in [-0.25, -0.2) is 14.2 Å². The van der Waals surface area contributed by atoms with Gasteiger partial charge >= 0.3 is 5.69 Å². The van der Waals surface area contributed by atoms with Crippen LogP contribution in [0.2, 0.25) is 0 Å². The van der Waals surface area contributed by atoms with Gasteiger partial charge < -0.3 is 10.2 Å². The Bertz CT molecular complexity index is 1200. The monoisotopic (exact) mass is 455 g/mol. The summed E-state index contributed by atoms with van der Waals surface area (Å²) in [5, 5.41) is 3.37. The molecule has 1 aliphatic rings. The molecule has 1 unspecified atom stereocenters. The highest BCUT2D eigenvalue weighted by Gasteiger charge is 2.29. The molecule has 1 amide bonds. The molecule has 2 N–H and O–H groups in total. The van der Waals surface area contributed by atoms with Crippen LogP contribution in [0.4, 0.5) is 4.39 Å². The van der Waals surface area contributed by atoms with Gasteiger partial charge in [-0.1, -0.05) is 12.1 Å². The molecule has 2 aromatic heterocycles. The van der Waals surface area contributed by atoms with Crippen LogP contribution in [0.3, 0.4) is 0 Å². The Kier molecular flexibility index (Phi) is 7.35. The van der Waals surface area contributed by atoms with E-state index in [-0.39, 0.29) is 59.2 Å². The Labute approximate surface area is 182 Å². The third-order valence-electron chi connectivity index (χ3n) is 4.94. The minimum atomic E-state index is -0.595. The number of nitrogens with one attached hydrogen (secondary N) is 2. The van der Waals surface area contributed by atoms with Crippen LogP contribution in [0, 0.1) is 5.82 Å². The predicted octanol–water partition coefficient (Wildman–Crippen LogP) is 1.39. The van der Waals surface area contributed by atoms with E-state index in [2.05, 4.69) is 15.3 Å². The highest BCUT2D eigenvalue weighted by molar-refractivity contribution is 5.97. The quantitative estimate of drug-likeness (QED) is 0.607. The summed E-state index contributed by atoms with van der Waals surface area (Å²) >= 11 is 0. The molecule has 0 radical (unpaired) electrons. The Morgan fingerprint density at radius 1 is 1.23 bits per heavy atom. The molecule has 1 aliphatic heterocycles. The van der Waals surface area contributed by atoms with E-state index in [4.69, 9.17) is 0 Å². The van der Waals surface area contributed by atoms with E-state index >= 15 is 0 Å². The largest absolute Gasteiger partial charge is 0.329 e. The van der Waals surface area contributed by atoms with Crippen molar-refractivity contribution in [2.75, 3.05) is 19.6 Å². The number of amides is 1. The third-order valence-corrected chi connectivity index (χ3v) is 4.94. The van der Waals surface area contributed by atoms with E-state index in [0.717, 1.165) is 0 Å². The number of aromatic nitrogens is 3. The maximum Gasteiger partial charge on any atom is 0.329 e. The summed E-state index contributed by atoms with van der Waals surface area (Å²) in [4.78, 5) is 45.0. The molecule has 0 aliphatic carbocycles. The van der Waals surface area contributed by atoms with Gasteiger partial charge in [-0.3, -0.25) is 19.1 Å². The van der Waals surface area contributed by atoms with Crippen molar-refractivity contribution in [1.29, 1.82) is 0 Å². The van der Waals surface area contributed by atoms with Gasteiger partial charge in [-0.05, 0) is 23.8 Å².